The highest BCUT2D eigenvalue weighted by atomic mass is 16.5. The molecular formula is C18H27NO3. The zero-order chi connectivity index (χ0) is 15.9. The quantitative estimate of drug-likeness (QED) is 0.878. The standard InChI is InChI=1S/C18H27NO3/c1-13-8-4-5-10-17(13)14(2)19-18(20)15(3)22-12-16-9-6-7-11-21-16/h4-5,8,10,14-16H,6-7,9,11-12H2,1-3H3,(H,19,20)/t14-,15-,16+/m0/s1. The van der Waals surface area contributed by atoms with E-state index in [2.05, 4.69) is 18.3 Å². The van der Waals surface area contributed by atoms with Crippen LogP contribution in [0.5, 0.6) is 0 Å². The third-order valence-corrected chi connectivity index (χ3v) is 4.19. The number of hydrogen-bond donors (Lipinski definition) is 1. The summed E-state index contributed by atoms with van der Waals surface area (Å²) in [6.45, 7) is 7.14. The average molecular weight is 305 g/mol. The predicted molar refractivity (Wildman–Crippen MR) is 86.7 cm³/mol. The van der Waals surface area contributed by atoms with Gasteiger partial charge in [0.2, 0.25) is 5.91 Å². The van der Waals surface area contributed by atoms with Crippen LogP contribution in [-0.2, 0) is 14.3 Å². The first-order valence-electron chi connectivity index (χ1n) is 8.17. The smallest absolute Gasteiger partial charge is 0.249 e. The number of ether oxygens (including phenoxy) is 2. The van der Waals surface area contributed by atoms with Gasteiger partial charge in [-0.15, -0.1) is 0 Å². The largest absolute Gasteiger partial charge is 0.376 e. The molecular weight excluding hydrogens is 278 g/mol. The first-order valence-corrected chi connectivity index (χ1v) is 8.17. The summed E-state index contributed by atoms with van der Waals surface area (Å²) in [7, 11) is 0. The van der Waals surface area contributed by atoms with Crippen molar-refractivity contribution in [2.75, 3.05) is 13.2 Å². The molecule has 1 heterocycles. The number of hydrogen-bond acceptors (Lipinski definition) is 3. The summed E-state index contributed by atoms with van der Waals surface area (Å²) in [4.78, 5) is 12.2. The molecule has 0 radical (unpaired) electrons. The molecule has 1 aliphatic heterocycles. The number of benzene rings is 1. The van der Waals surface area contributed by atoms with Crippen molar-refractivity contribution in [1.29, 1.82) is 0 Å². The van der Waals surface area contributed by atoms with Gasteiger partial charge in [0, 0.05) is 6.61 Å². The van der Waals surface area contributed by atoms with Crippen molar-refractivity contribution >= 4 is 5.91 Å². The SMILES string of the molecule is Cc1ccccc1[C@H](C)NC(=O)[C@H](C)OC[C@H]1CCCCO1. The summed E-state index contributed by atoms with van der Waals surface area (Å²) >= 11 is 0. The zero-order valence-corrected chi connectivity index (χ0v) is 13.8. The topological polar surface area (TPSA) is 47.6 Å². The lowest BCUT2D eigenvalue weighted by Crippen LogP contribution is -2.38. The number of aryl methyl sites for hydroxylation is 1. The summed E-state index contributed by atoms with van der Waals surface area (Å²) in [6, 6.07) is 8.07. The first-order chi connectivity index (χ1) is 10.6. The van der Waals surface area contributed by atoms with Crippen LogP contribution in [0.3, 0.4) is 0 Å². The maximum Gasteiger partial charge on any atom is 0.249 e. The van der Waals surface area contributed by atoms with Crippen molar-refractivity contribution < 1.29 is 14.3 Å². The van der Waals surface area contributed by atoms with E-state index in [1.807, 2.05) is 25.1 Å². The van der Waals surface area contributed by atoms with E-state index in [9.17, 15) is 4.79 Å². The molecule has 122 valence electrons. The second-order valence-corrected chi connectivity index (χ2v) is 6.05. The fourth-order valence-corrected chi connectivity index (χ4v) is 2.75. The van der Waals surface area contributed by atoms with Crippen LogP contribution in [0.25, 0.3) is 0 Å². The van der Waals surface area contributed by atoms with E-state index in [1.54, 1.807) is 6.92 Å². The maximum atomic E-state index is 12.2. The highest BCUT2D eigenvalue weighted by molar-refractivity contribution is 5.80. The molecule has 0 unspecified atom stereocenters. The van der Waals surface area contributed by atoms with Crippen molar-refractivity contribution in [3.8, 4) is 0 Å². The summed E-state index contributed by atoms with van der Waals surface area (Å²) in [6.07, 6.45) is 3.00. The van der Waals surface area contributed by atoms with E-state index in [4.69, 9.17) is 9.47 Å². The molecule has 1 fully saturated rings. The monoisotopic (exact) mass is 305 g/mol. The van der Waals surface area contributed by atoms with Crippen molar-refractivity contribution in [2.45, 2.75) is 58.3 Å². The minimum atomic E-state index is -0.461. The lowest BCUT2D eigenvalue weighted by molar-refractivity contribution is -0.136. The normalized spacial score (nSPS) is 21.1. The van der Waals surface area contributed by atoms with Gasteiger partial charge in [-0.3, -0.25) is 4.79 Å². The molecule has 22 heavy (non-hydrogen) atoms. The minimum absolute atomic E-state index is 0.0225. The Bertz CT molecular complexity index is 483. The molecule has 0 aliphatic carbocycles. The summed E-state index contributed by atoms with van der Waals surface area (Å²) < 4.78 is 11.3. The number of carbonyl (C=O) groups is 1. The second-order valence-electron chi connectivity index (χ2n) is 6.05. The van der Waals surface area contributed by atoms with Crippen molar-refractivity contribution in [3.05, 3.63) is 35.4 Å². The van der Waals surface area contributed by atoms with Crippen LogP contribution < -0.4 is 5.32 Å². The molecule has 3 atom stereocenters. The zero-order valence-electron chi connectivity index (χ0n) is 13.8. The number of carbonyl (C=O) groups excluding carboxylic acids is 1. The molecule has 0 spiro atoms. The van der Waals surface area contributed by atoms with Gasteiger partial charge in [0.25, 0.3) is 0 Å². The Hall–Kier alpha value is -1.39. The predicted octanol–water partition coefficient (Wildman–Crippen LogP) is 3.15. The lowest BCUT2D eigenvalue weighted by Gasteiger charge is -2.24. The molecule has 0 bridgehead atoms. The third kappa shape index (κ3) is 4.82. The van der Waals surface area contributed by atoms with Crippen LogP contribution in [-0.4, -0.2) is 31.3 Å². The van der Waals surface area contributed by atoms with Crippen molar-refractivity contribution in [2.24, 2.45) is 0 Å². The van der Waals surface area contributed by atoms with Gasteiger partial charge in [0.05, 0.1) is 18.8 Å². The molecule has 2 rings (SSSR count). The highest BCUT2D eigenvalue weighted by Gasteiger charge is 2.20. The first kappa shape index (κ1) is 17.0. The van der Waals surface area contributed by atoms with Gasteiger partial charge in [-0.25, -0.2) is 0 Å². The van der Waals surface area contributed by atoms with Crippen LogP contribution in [0.1, 0.15) is 50.3 Å². The Morgan fingerprint density at radius 2 is 2.14 bits per heavy atom. The van der Waals surface area contributed by atoms with Crippen molar-refractivity contribution in [3.63, 3.8) is 0 Å². The number of amides is 1. The second kappa shape index (κ2) is 8.30. The number of rotatable bonds is 6. The Balaban J connectivity index is 1.79. The van der Waals surface area contributed by atoms with Crippen LogP contribution in [0.4, 0.5) is 0 Å². The molecule has 4 heteroatoms. The molecule has 1 amide bonds. The fraction of sp³-hybridized carbons (Fsp3) is 0.611. The molecule has 1 aliphatic rings. The molecule has 1 saturated heterocycles. The van der Waals surface area contributed by atoms with E-state index in [0.29, 0.717) is 6.61 Å². The summed E-state index contributed by atoms with van der Waals surface area (Å²) in [5.41, 5.74) is 2.32. The highest BCUT2D eigenvalue weighted by Crippen LogP contribution is 2.17. The summed E-state index contributed by atoms with van der Waals surface area (Å²) in [5, 5.41) is 3.02. The van der Waals surface area contributed by atoms with E-state index in [1.165, 1.54) is 12.0 Å². The molecule has 1 N–H and O–H groups in total. The van der Waals surface area contributed by atoms with Crippen LogP contribution in [0.2, 0.25) is 0 Å². The van der Waals surface area contributed by atoms with Crippen LogP contribution in [0.15, 0.2) is 24.3 Å². The van der Waals surface area contributed by atoms with E-state index in [0.717, 1.165) is 25.0 Å². The minimum Gasteiger partial charge on any atom is -0.376 e. The Kier molecular flexibility index (Phi) is 6.40. The van der Waals surface area contributed by atoms with Gasteiger partial charge in [-0.05, 0) is 51.2 Å². The Labute approximate surface area is 133 Å². The third-order valence-electron chi connectivity index (χ3n) is 4.19. The van der Waals surface area contributed by atoms with Crippen LogP contribution >= 0.6 is 0 Å². The van der Waals surface area contributed by atoms with Gasteiger partial charge >= 0.3 is 0 Å². The van der Waals surface area contributed by atoms with E-state index < -0.39 is 6.10 Å². The Morgan fingerprint density at radius 1 is 1.36 bits per heavy atom. The molecule has 1 aromatic rings. The number of nitrogens with one attached hydrogen (secondary N) is 1. The van der Waals surface area contributed by atoms with Gasteiger partial charge in [0.1, 0.15) is 6.10 Å². The van der Waals surface area contributed by atoms with Gasteiger partial charge in [0.15, 0.2) is 0 Å². The molecule has 4 nitrogen and oxygen atoms in total. The Morgan fingerprint density at radius 3 is 2.82 bits per heavy atom. The maximum absolute atomic E-state index is 12.2. The van der Waals surface area contributed by atoms with E-state index >= 15 is 0 Å². The fourth-order valence-electron chi connectivity index (χ4n) is 2.75. The summed E-state index contributed by atoms with van der Waals surface area (Å²) in [5.74, 6) is -0.0773. The van der Waals surface area contributed by atoms with Gasteiger partial charge in [-0.1, -0.05) is 24.3 Å². The van der Waals surface area contributed by atoms with Crippen LogP contribution in [0, 0.1) is 6.92 Å². The average Bonchev–Trinajstić information content (AvgIpc) is 2.53. The molecule has 0 aromatic heterocycles. The van der Waals surface area contributed by atoms with E-state index in [-0.39, 0.29) is 18.1 Å². The van der Waals surface area contributed by atoms with Gasteiger partial charge < -0.3 is 14.8 Å². The van der Waals surface area contributed by atoms with Crippen molar-refractivity contribution in [1.82, 2.24) is 5.32 Å². The molecule has 0 saturated carbocycles. The van der Waals surface area contributed by atoms with Gasteiger partial charge in [-0.2, -0.15) is 0 Å². The molecule has 1 aromatic carbocycles. The lowest BCUT2D eigenvalue weighted by atomic mass is 10.0.